The third-order valence-corrected chi connectivity index (χ3v) is 3.36. The number of hydrogen-bond acceptors (Lipinski definition) is 2. The zero-order chi connectivity index (χ0) is 10.4. The van der Waals surface area contributed by atoms with Gasteiger partial charge in [-0.3, -0.25) is 9.59 Å². The van der Waals surface area contributed by atoms with Crippen LogP contribution in [0.25, 0.3) is 0 Å². The fourth-order valence-electron chi connectivity index (χ4n) is 1.99. The Balaban J connectivity index is 2.44. The van der Waals surface area contributed by atoms with Crippen LogP contribution < -0.4 is 5.32 Å². The predicted molar refractivity (Wildman–Crippen MR) is 52.5 cm³/mol. The minimum atomic E-state index is -0.472. The number of ketones is 1. The van der Waals surface area contributed by atoms with E-state index < -0.39 is 5.41 Å². The Morgan fingerprint density at radius 1 is 1.21 bits per heavy atom. The van der Waals surface area contributed by atoms with Crippen LogP contribution in [0.4, 0.5) is 0 Å². The van der Waals surface area contributed by atoms with E-state index in [1.807, 2.05) is 26.0 Å². The van der Waals surface area contributed by atoms with Gasteiger partial charge in [0, 0.05) is 12.0 Å². The normalized spacial score (nSPS) is 27.0. The van der Waals surface area contributed by atoms with E-state index in [0.29, 0.717) is 6.54 Å². The van der Waals surface area contributed by atoms with Gasteiger partial charge in [-0.15, -0.1) is 0 Å². The van der Waals surface area contributed by atoms with Crippen LogP contribution in [0.15, 0.2) is 24.3 Å². The summed E-state index contributed by atoms with van der Waals surface area (Å²) < 4.78 is 0. The van der Waals surface area contributed by atoms with Gasteiger partial charge in [0.1, 0.15) is 0 Å². The highest BCUT2D eigenvalue weighted by Gasteiger charge is 2.52. The third-order valence-electron chi connectivity index (χ3n) is 3.36. The topological polar surface area (TPSA) is 46.2 Å². The molecule has 0 aromatic carbocycles. The molecule has 0 aromatic rings. The van der Waals surface area contributed by atoms with Gasteiger partial charge in [0.15, 0.2) is 5.78 Å². The molecule has 1 spiro atoms. The predicted octanol–water partition coefficient (Wildman–Crippen LogP) is 0.824. The van der Waals surface area contributed by atoms with Crippen LogP contribution in [0.1, 0.15) is 13.8 Å². The number of carbonyl (C=O) groups excluding carboxylic acids is 2. The Morgan fingerprint density at radius 3 is 2.21 bits per heavy atom. The Morgan fingerprint density at radius 2 is 1.79 bits per heavy atom. The molecule has 2 rings (SSSR count). The Kier molecular flexibility index (Phi) is 1.68. The number of carbonyl (C=O) groups is 2. The van der Waals surface area contributed by atoms with E-state index in [-0.39, 0.29) is 17.1 Å². The summed E-state index contributed by atoms with van der Waals surface area (Å²) in [5.74, 6) is 0.0342. The fourth-order valence-corrected chi connectivity index (χ4v) is 1.99. The molecule has 0 atom stereocenters. The number of allylic oxidation sites excluding steroid dienone is 2. The summed E-state index contributed by atoms with van der Waals surface area (Å²) in [6.07, 6.45) is 6.77. The van der Waals surface area contributed by atoms with E-state index in [9.17, 15) is 9.59 Å². The maximum Gasteiger partial charge on any atom is 0.226 e. The molecule has 3 heteroatoms. The van der Waals surface area contributed by atoms with Gasteiger partial charge in [-0.1, -0.05) is 12.2 Å². The number of amides is 1. The summed E-state index contributed by atoms with van der Waals surface area (Å²) >= 11 is 0. The van der Waals surface area contributed by atoms with Crippen molar-refractivity contribution in [2.24, 2.45) is 10.8 Å². The van der Waals surface area contributed by atoms with Gasteiger partial charge in [-0.2, -0.15) is 0 Å². The molecule has 1 N–H and O–H groups in total. The zero-order valence-electron chi connectivity index (χ0n) is 8.33. The van der Waals surface area contributed by atoms with Crippen LogP contribution in [-0.4, -0.2) is 18.2 Å². The quantitative estimate of drug-likeness (QED) is 0.616. The first kappa shape index (κ1) is 9.19. The molecule has 1 fully saturated rings. The van der Waals surface area contributed by atoms with E-state index >= 15 is 0 Å². The lowest BCUT2D eigenvalue weighted by Gasteiger charge is -2.34. The molecule has 0 saturated carbocycles. The number of nitrogens with one attached hydrogen (secondary N) is 1. The molecule has 1 saturated heterocycles. The van der Waals surface area contributed by atoms with Crippen molar-refractivity contribution in [3.05, 3.63) is 24.3 Å². The summed E-state index contributed by atoms with van der Waals surface area (Å²) in [6.45, 7) is 4.39. The molecule has 1 amide bonds. The average molecular weight is 191 g/mol. The fraction of sp³-hybridized carbons (Fsp3) is 0.455. The van der Waals surface area contributed by atoms with Crippen molar-refractivity contribution in [3.8, 4) is 0 Å². The van der Waals surface area contributed by atoms with Crippen molar-refractivity contribution >= 4 is 11.7 Å². The van der Waals surface area contributed by atoms with Crippen LogP contribution in [0, 0.1) is 10.8 Å². The highest BCUT2D eigenvalue weighted by molar-refractivity contribution is 6.01. The smallest absolute Gasteiger partial charge is 0.226 e. The molecule has 14 heavy (non-hydrogen) atoms. The van der Waals surface area contributed by atoms with Crippen LogP contribution >= 0.6 is 0 Å². The first-order valence-electron chi connectivity index (χ1n) is 4.69. The average Bonchev–Trinajstić information content (AvgIpc) is 2.35. The van der Waals surface area contributed by atoms with Crippen LogP contribution in [-0.2, 0) is 9.59 Å². The molecule has 1 aliphatic carbocycles. The second kappa shape index (κ2) is 2.56. The van der Waals surface area contributed by atoms with Crippen LogP contribution in [0.3, 0.4) is 0 Å². The second-order valence-corrected chi connectivity index (χ2v) is 4.42. The van der Waals surface area contributed by atoms with E-state index in [0.717, 1.165) is 0 Å². The summed E-state index contributed by atoms with van der Waals surface area (Å²) in [5.41, 5.74) is -0.793. The van der Waals surface area contributed by atoms with Gasteiger partial charge < -0.3 is 5.32 Å². The molecule has 1 heterocycles. The van der Waals surface area contributed by atoms with E-state index in [1.54, 1.807) is 12.2 Å². The van der Waals surface area contributed by atoms with Crippen molar-refractivity contribution < 1.29 is 9.59 Å². The van der Waals surface area contributed by atoms with Crippen molar-refractivity contribution in [3.63, 3.8) is 0 Å². The maximum atomic E-state index is 11.6. The Hall–Kier alpha value is -1.38. The Bertz CT molecular complexity index is 347. The van der Waals surface area contributed by atoms with E-state index in [4.69, 9.17) is 0 Å². The second-order valence-electron chi connectivity index (χ2n) is 4.42. The van der Waals surface area contributed by atoms with Gasteiger partial charge in [0.25, 0.3) is 0 Å². The largest absolute Gasteiger partial charge is 0.354 e. The molecule has 0 radical (unpaired) electrons. The third kappa shape index (κ3) is 0.983. The molecule has 0 bridgehead atoms. The highest BCUT2D eigenvalue weighted by atomic mass is 16.2. The van der Waals surface area contributed by atoms with E-state index in [2.05, 4.69) is 5.32 Å². The van der Waals surface area contributed by atoms with Gasteiger partial charge in [0.05, 0.1) is 5.41 Å². The molecule has 0 aromatic heterocycles. The van der Waals surface area contributed by atoms with Gasteiger partial charge in [0.2, 0.25) is 5.91 Å². The number of hydrogen-bond donors (Lipinski definition) is 1. The highest BCUT2D eigenvalue weighted by Crippen LogP contribution is 2.46. The molecule has 1 aliphatic heterocycles. The Labute approximate surface area is 82.9 Å². The first-order valence-corrected chi connectivity index (χ1v) is 4.69. The SMILES string of the molecule is CC1(C)C(=O)NCC12C=CC(=O)C=C2. The maximum absolute atomic E-state index is 11.6. The number of rotatable bonds is 0. The van der Waals surface area contributed by atoms with E-state index in [1.165, 1.54) is 0 Å². The molecular weight excluding hydrogens is 178 g/mol. The van der Waals surface area contributed by atoms with Crippen LogP contribution in [0.5, 0.6) is 0 Å². The molecule has 3 nitrogen and oxygen atoms in total. The van der Waals surface area contributed by atoms with Gasteiger partial charge in [-0.25, -0.2) is 0 Å². The minimum Gasteiger partial charge on any atom is -0.354 e. The van der Waals surface area contributed by atoms with Crippen LogP contribution in [0.2, 0.25) is 0 Å². The lowest BCUT2D eigenvalue weighted by atomic mass is 9.66. The minimum absolute atomic E-state index is 0.00854. The molecule has 74 valence electrons. The first-order chi connectivity index (χ1) is 6.48. The van der Waals surface area contributed by atoms with Crippen molar-refractivity contribution in [1.82, 2.24) is 5.32 Å². The molecule has 0 unspecified atom stereocenters. The summed E-state index contributed by atoms with van der Waals surface area (Å²) in [7, 11) is 0. The van der Waals surface area contributed by atoms with Gasteiger partial charge >= 0.3 is 0 Å². The van der Waals surface area contributed by atoms with Crippen molar-refractivity contribution in [2.75, 3.05) is 6.54 Å². The summed E-state index contributed by atoms with van der Waals surface area (Å²) in [6, 6.07) is 0. The molecule has 2 aliphatic rings. The monoisotopic (exact) mass is 191 g/mol. The summed E-state index contributed by atoms with van der Waals surface area (Å²) in [4.78, 5) is 22.6. The van der Waals surface area contributed by atoms with Crippen molar-refractivity contribution in [2.45, 2.75) is 13.8 Å². The zero-order valence-corrected chi connectivity index (χ0v) is 8.33. The lowest BCUT2D eigenvalue weighted by molar-refractivity contribution is -0.127. The lowest BCUT2D eigenvalue weighted by Crippen LogP contribution is -2.36. The van der Waals surface area contributed by atoms with Gasteiger partial charge in [-0.05, 0) is 26.0 Å². The standard InChI is InChI=1S/C11H13NO2/c1-10(2)9(14)12-7-11(10)5-3-8(13)4-6-11/h3-6H,7H2,1-2H3,(H,12,14). The molecular formula is C11H13NO2. The van der Waals surface area contributed by atoms with Crippen molar-refractivity contribution in [1.29, 1.82) is 0 Å². The summed E-state index contributed by atoms with van der Waals surface area (Å²) in [5, 5.41) is 2.83.